The van der Waals surface area contributed by atoms with Gasteiger partial charge in [0.25, 0.3) is 0 Å². The van der Waals surface area contributed by atoms with Gasteiger partial charge in [0.2, 0.25) is 5.91 Å². The fraction of sp³-hybridized carbons (Fsp3) is 0.235. The highest BCUT2D eigenvalue weighted by Crippen LogP contribution is 2.30. The molecule has 1 amide bonds. The second kappa shape index (κ2) is 5.37. The first-order valence-corrected chi connectivity index (χ1v) is 6.93. The summed E-state index contributed by atoms with van der Waals surface area (Å²) in [4.78, 5) is 14.3. The van der Waals surface area contributed by atoms with Crippen molar-refractivity contribution in [2.24, 2.45) is 5.92 Å². The van der Waals surface area contributed by atoms with Crippen molar-refractivity contribution in [1.82, 2.24) is 0 Å². The van der Waals surface area contributed by atoms with Crippen LogP contribution in [0.5, 0.6) is 0 Å². The van der Waals surface area contributed by atoms with Gasteiger partial charge in [-0.25, -0.2) is 0 Å². The van der Waals surface area contributed by atoms with E-state index >= 15 is 0 Å². The number of carbonyl (C=O) groups excluding carboxylic acids is 1. The normalized spacial score (nSPS) is 18.1. The van der Waals surface area contributed by atoms with Crippen molar-refractivity contribution in [1.29, 1.82) is 0 Å². The number of nitrogens with one attached hydrogen (secondary N) is 1. The topological polar surface area (TPSA) is 32.3 Å². The minimum Gasteiger partial charge on any atom is -0.365 e. The van der Waals surface area contributed by atoms with Crippen molar-refractivity contribution in [3.8, 4) is 0 Å². The molecule has 102 valence electrons. The Kier molecular flexibility index (Phi) is 3.42. The molecule has 0 radical (unpaired) electrons. The van der Waals surface area contributed by atoms with Crippen LogP contribution in [0, 0.1) is 5.92 Å². The van der Waals surface area contributed by atoms with Gasteiger partial charge in [-0.15, -0.1) is 0 Å². The van der Waals surface area contributed by atoms with Gasteiger partial charge >= 0.3 is 0 Å². The maximum Gasteiger partial charge on any atom is 0.229 e. The van der Waals surface area contributed by atoms with Gasteiger partial charge in [-0.05, 0) is 17.7 Å². The van der Waals surface area contributed by atoms with E-state index in [1.165, 1.54) is 5.56 Å². The van der Waals surface area contributed by atoms with Gasteiger partial charge in [-0.3, -0.25) is 4.79 Å². The molecule has 0 aliphatic carbocycles. The number of nitrogens with zero attached hydrogens (tertiary/aromatic N) is 1. The van der Waals surface area contributed by atoms with Gasteiger partial charge in [0, 0.05) is 13.1 Å². The summed E-state index contributed by atoms with van der Waals surface area (Å²) in [7, 11) is 0. The quantitative estimate of drug-likeness (QED) is 0.904. The third-order valence-electron chi connectivity index (χ3n) is 3.66. The van der Waals surface area contributed by atoms with Crippen LogP contribution in [0.3, 0.4) is 0 Å². The van der Waals surface area contributed by atoms with Gasteiger partial charge in [-0.2, -0.15) is 0 Å². The van der Waals surface area contributed by atoms with Crippen molar-refractivity contribution in [2.45, 2.75) is 13.5 Å². The number of hydrogen-bond donors (Lipinski definition) is 1. The molecule has 1 N–H and O–H groups in total. The molecule has 2 aromatic rings. The van der Waals surface area contributed by atoms with Crippen LogP contribution in [0.25, 0.3) is 0 Å². The first kappa shape index (κ1) is 12.7. The van der Waals surface area contributed by atoms with E-state index in [9.17, 15) is 4.79 Å². The lowest BCUT2D eigenvalue weighted by Crippen LogP contribution is -2.30. The van der Waals surface area contributed by atoms with Crippen molar-refractivity contribution in [3.63, 3.8) is 0 Å². The summed E-state index contributed by atoms with van der Waals surface area (Å²) in [6, 6.07) is 18.3. The first-order chi connectivity index (χ1) is 9.74. The fourth-order valence-electron chi connectivity index (χ4n) is 2.58. The maximum absolute atomic E-state index is 12.0. The van der Waals surface area contributed by atoms with Gasteiger partial charge in [-0.1, -0.05) is 49.4 Å². The maximum atomic E-state index is 12.0. The Bertz CT molecular complexity index is 609. The third-order valence-corrected chi connectivity index (χ3v) is 3.66. The summed E-state index contributed by atoms with van der Waals surface area (Å²) in [5, 5.41) is 3.01. The molecule has 1 aliphatic rings. The van der Waals surface area contributed by atoms with Gasteiger partial charge in [0.15, 0.2) is 0 Å². The van der Waals surface area contributed by atoms with E-state index in [2.05, 4.69) is 28.4 Å². The lowest BCUT2D eigenvalue weighted by molar-refractivity contribution is -0.119. The lowest BCUT2D eigenvalue weighted by Gasteiger charge is -2.25. The van der Waals surface area contributed by atoms with Crippen molar-refractivity contribution in [3.05, 3.63) is 60.2 Å². The lowest BCUT2D eigenvalue weighted by atomic mass is 10.1. The van der Waals surface area contributed by atoms with Gasteiger partial charge in [0.05, 0.1) is 17.3 Å². The van der Waals surface area contributed by atoms with Crippen molar-refractivity contribution >= 4 is 17.3 Å². The number of fused-ring (bicyclic) bond motifs is 1. The molecule has 20 heavy (non-hydrogen) atoms. The molecule has 0 saturated heterocycles. The van der Waals surface area contributed by atoms with Gasteiger partial charge < -0.3 is 10.2 Å². The number of rotatable bonds is 2. The number of para-hydroxylation sites is 2. The number of amides is 1. The SMILES string of the molecule is CC1CN(Cc2ccccc2)c2ccccc2NC1=O. The second-order valence-electron chi connectivity index (χ2n) is 5.27. The predicted octanol–water partition coefficient (Wildman–Crippen LogP) is 3.28. The summed E-state index contributed by atoms with van der Waals surface area (Å²) in [5.41, 5.74) is 3.25. The first-order valence-electron chi connectivity index (χ1n) is 6.93. The summed E-state index contributed by atoms with van der Waals surface area (Å²) in [6.45, 7) is 3.52. The van der Waals surface area contributed by atoms with Crippen LogP contribution in [-0.2, 0) is 11.3 Å². The zero-order valence-electron chi connectivity index (χ0n) is 11.5. The molecular weight excluding hydrogens is 248 g/mol. The van der Waals surface area contributed by atoms with E-state index in [0.29, 0.717) is 0 Å². The Morgan fingerprint density at radius 1 is 1.10 bits per heavy atom. The molecule has 1 unspecified atom stereocenters. The van der Waals surface area contributed by atoms with Gasteiger partial charge in [0.1, 0.15) is 0 Å². The smallest absolute Gasteiger partial charge is 0.229 e. The molecule has 0 fully saturated rings. The van der Waals surface area contributed by atoms with E-state index in [4.69, 9.17) is 0 Å². The summed E-state index contributed by atoms with van der Waals surface area (Å²) < 4.78 is 0. The van der Waals surface area contributed by atoms with Crippen LogP contribution in [0.15, 0.2) is 54.6 Å². The standard InChI is InChI=1S/C17H18N2O/c1-13-11-19(12-14-7-3-2-4-8-14)16-10-6-5-9-15(16)18-17(13)20/h2-10,13H,11-12H2,1H3,(H,18,20). The Morgan fingerprint density at radius 3 is 2.60 bits per heavy atom. The number of carbonyl (C=O) groups is 1. The molecule has 2 aromatic carbocycles. The van der Waals surface area contributed by atoms with Crippen LogP contribution in [0.2, 0.25) is 0 Å². The molecule has 1 atom stereocenters. The Morgan fingerprint density at radius 2 is 1.80 bits per heavy atom. The molecule has 0 bridgehead atoms. The number of anilines is 2. The van der Waals surface area contributed by atoms with Crippen LogP contribution in [0.1, 0.15) is 12.5 Å². The molecule has 0 saturated carbocycles. The van der Waals surface area contributed by atoms with Crippen molar-refractivity contribution < 1.29 is 4.79 Å². The predicted molar refractivity (Wildman–Crippen MR) is 81.7 cm³/mol. The highest BCUT2D eigenvalue weighted by Gasteiger charge is 2.24. The average Bonchev–Trinajstić information content (AvgIpc) is 2.58. The molecular formula is C17H18N2O. The molecule has 3 heteroatoms. The van der Waals surface area contributed by atoms with E-state index < -0.39 is 0 Å². The van der Waals surface area contributed by atoms with E-state index in [1.807, 2.05) is 43.3 Å². The zero-order chi connectivity index (χ0) is 13.9. The minimum absolute atomic E-state index is 0.0221. The Labute approximate surface area is 119 Å². The van der Waals surface area contributed by atoms with E-state index in [1.54, 1.807) is 0 Å². The molecule has 1 aliphatic heterocycles. The number of benzene rings is 2. The Hall–Kier alpha value is -2.29. The molecule has 3 nitrogen and oxygen atoms in total. The fourth-order valence-corrected chi connectivity index (χ4v) is 2.58. The average molecular weight is 266 g/mol. The van der Waals surface area contributed by atoms with E-state index in [0.717, 1.165) is 24.5 Å². The summed E-state index contributed by atoms with van der Waals surface area (Å²) in [5.74, 6) is 0.0686. The zero-order valence-corrected chi connectivity index (χ0v) is 11.5. The highest BCUT2D eigenvalue weighted by molar-refractivity contribution is 5.97. The molecule has 3 rings (SSSR count). The largest absolute Gasteiger partial charge is 0.365 e. The summed E-state index contributed by atoms with van der Waals surface area (Å²) >= 11 is 0. The van der Waals surface area contributed by atoms with Crippen LogP contribution >= 0.6 is 0 Å². The Balaban J connectivity index is 1.94. The van der Waals surface area contributed by atoms with Crippen LogP contribution in [0.4, 0.5) is 11.4 Å². The monoisotopic (exact) mass is 266 g/mol. The van der Waals surface area contributed by atoms with Crippen LogP contribution < -0.4 is 10.2 Å². The third kappa shape index (κ3) is 2.52. The van der Waals surface area contributed by atoms with Crippen molar-refractivity contribution in [2.75, 3.05) is 16.8 Å². The minimum atomic E-state index is -0.0221. The number of hydrogen-bond acceptors (Lipinski definition) is 2. The van der Waals surface area contributed by atoms with E-state index in [-0.39, 0.29) is 11.8 Å². The van der Waals surface area contributed by atoms with Crippen LogP contribution in [-0.4, -0.2) is 12.5 Å². The second-order valence-corrected chi connectivity index (χ2v) is 5.27. The highest BCUT2D eigenvalue weighted by atomic mass is 16.1. The molecule has 1 heterocycles. The molecule has 0 aromatic heterocycles. The molecule has 0 spiro atoms. The summed E-state index contributed by atoms with van der Waals surface area (Å²) in [6.07, 6.45) is 0.